The summed E-state index contributed by atoms with van der Waals surface area (Å²) in [6, 6.07) is 65.6. The van der Waals surface area contributed by atoms with Gasteiger partial charge in [-0.3, -0.25) is 0 Å². The Morgan fingerprint density at radius 1 is 0.278 bits per heavy atom. The molecule has 2 aromatic heterocycles. The van der Waals surface area contributed by atoms with Crippen LogP contribution in [0.25, 0.3) is 120 Å². The first-order valence-corrected chi connectivity index (χ1v) is 18.5. The Balaban J connectivity index is 1.09. The van der Waals surface area contributed by atoms with E-state index in [9.17, 15) is 0 Å². The number of fused-ring (bicyclic) bond motifs is 10. The van der Waals surface area contributed by atoms with E-state index >= 15 is 0 Å². The zero-order valence-corrected chi connectivity index (χ0v) is 29.1. The minimum absolute atomic E-state index is 0.867. The Bertz CT molecular complexity index is 3440. The SMILES string of the molecule is c1ccc2c(-c3c4ccccc4c(-c4ccc5cc(-c6c7oc8ccccc8c7cc7oc8ccccc8c67)ccc5c4)c4ccccc34)cccc2c1. The van der Waals surface area contributed by atoms with E-state index in [0.29, 0.717) is 0 Å². The van der Waals surface area contributed by atoms with E-state index in [1.165, 1.54) is 65.3 Å². The minimum Gasteiger partial charge on any atom is -0.456 e. The second-order valence-corrected chi connectivity index (χ2v) is 14.3. The average molecular weight is 687 g/mol. The van der Waals surface area contributed by atoms with Gasteiger partial charge in [-0.05, 0) is 101 Å². The molecule has 0 unspecified atom stereocenters. The average Bonchev–Trinajstić information content (AvgIpc) is 3.79. The van der Waals surface area contributed by atoms with Crippen LogP contribution in [0.4, 0.5) is 0 Å². The maximum Gasteiger partial charge on any atom is 0.144 e. The van der Waals surface area contributed by atoms with E-state index in [1.807, 2.05) is 24.3 Å². The summed E-state index contributed by atoms with van der Waals surface area (Å²) in [6.45, 7) is 0. The predicted octanol–water partition coefficient (Wildman–Crippen LogP) is 15.1. The van der Waals surface area contributed by atoms with Crippen LogP contribution in [0.5, 0.6) is 0 Å². The fourth-order valence-electron chi connectivity index (χ4n) is 9.07. The van der Waals surface area contributed by atoms with Gasteiger partial charge in [0.1, 0.15) is 22.3 Å². The van der Waals surface area contributed by atoms with Crippen molar-refractivity contribution in [1.82, 2.24) is 0 Å². The molecule has 0 spiro atoms. The van der Waals surface area contributed by atoms with Crippen molar-refractivity contribution < 1.29 is 8.83 Å². The van der Waals surface area contributed by atoms with E-state index < -0.39 is 0 Å². The summed E-state index contributed by atoms with van der Waals surface area (Å²) in [7, 11) is 0. The molecule has 0 saturated heterocycles. The molecule has 250 valence electrons. The van der Waals surface area contributed by atoms with E-state index in [0.717, 1.165) is 55.0 Å². The lowest BCUT2D eigenvalue weighted by molar-refractivity contribution is 0.664. The van der Waals surface area contributed by atoms with Crippen LogP contribution >= 0.6 is 0 Å². The number of rotatable bonds is 3. The summed E-state index contributed by atoms with van der Waals surface area (Å²) in [4.78, 5) is 0. The highest BCUT2D eigenvalue weighted by atomic mass is 16.3. The molecule has 0 N–H and O–H groups in total. The molecule has 12 aromatic rings. The van der Waals surface area contributed by atoms with Crippen LogP contribution in [0.2, 0.25) is 0 Å². The van der Waals surface area contributed by atoms with Crippen LogP contribution in [0, 0.1) is 0 Å². The summed E-state index contributed by atoms with van der Waals surface area (Å²) in [5, 5.41) is 14.2. The maximum absolute atomic E-state index is 6.66. The third kappa shape index (κ3) is 4.17. The van der Waals surface area contributed by atoms with Crippen molar-refractivity contribution in [2.75, 3.05) is 0 Å². The predicted molar refractivity (Wildman–Crippen MR) is 227 cm³/mol. The first-order chi connectivity index (χ1) is 26.8. The van der Waals surface area contributed by atoms with Gasteiger partial charge in [0.15, 0.2) is 0 Å². The van der Waals surface area contributed by atoms with Crippen molar-refractivity contribution >= 4 is 87.0 Å². The summed E-state index contributed by atoms with van der Waals surface area (Å²) in [5.41, 5.74) is 10.7. The number of benzene rings is 10. The summed E-state index contributed by atoms with van der Waals surface area (Å²) in [6.07, 6.45) is 0. The highest BCUT2D eigenvalue weighted by Gasteiger charge is 2.22. The number of furan rings is 2. The van der Waals surface area contributed by atoms with E-state index in [1.54, 1.807) is 0 Å². The number of hydrogen-bond donors (Lipinski definition) is 0. The van der Waals surface area contributed by atoms with Crippen LogP contribution in [0.3, 0.4) is 0 Å². The minimum atomic E-state index is 0.867. The Morgan fingerprint density at radius 3 is 1.48 bits per heavy atom. The molecule has 0 amide bonds. The molecule has 54 heavy (non-hydrogen) atoms. The monoisotopic (exact) mass is 686 g/mol. The van der Waals surface area contributed by atoms with Gasteiger partial charge in [-0.1, -0.05) is 152 Å². The van der Waals surface area contributed by atoms with Crippen molar-refractivity contribution in [3.05, 3.63) is 182 Å². The molecule has 0 aliphatic carbocycles. The molecule has 0 aliphatic heterocycles. The van der Waals surface area contributed by atoms with Crippen LogP contribution in [0.15, 0.2) is 191 Å². The molecule has 2 heteroatoms. The van der Waals surface area contributed by atoms with Crippen molar-refractivity contribution in [2.24, 2.45) is 0 Å². The van der Waals surface area contributed by atoms with Crippen molar-refractivity contribution in [3.63, 3.8) is 0 Å². The van der Waals surface area contributed by atoms with Gasteiger partial charge >= 0.3 is 0 Å². The Morgan fingerprint density at radius 2 is 0.796 bits per heavy atom. The lowest BCUT2D eigenvalue weighted by Gasteiger charge is -2.19. The second-order valence-electron chi connectivity index (χ2n) is 14.3. The third-order valence-corrected chi connectivity index (χ3v) is 11.4. The van der Waals surface area contributed by atoms with Crippen LogP contribution < -0.4 is 0 Å². The standard InChI is InChI=1S/C52H30O2/c1-2-14-36-31(12-1)13-11-21-38(36)50-41-18-5-3-16-39(41)48(40-17-4-6-19-42(40)50)34-26-24-33-29-35(27-25-32(33)28-34)49-51-43-20-8-10-23-46(43)53-47(51)30-44-37-15-7-9-22-45(37)54-52(44)49/h1-30H. The quantitative estimate of drug-likeness (QED) is 0.173. The Kier molecular flexibility index (Phi) is 6.09. The molecule has 2 nitrogen and oxygen atoms in total. The molecule has 0 radical (unpaired) electrons. The lowest BCUT2D eigenvalue weighted by Crippen LogP contribution is -1.91. The zero-order valence-electron chi connectivity index (χ0n) is 29.1. The summed E-state index contributed by atoms with van der Waals surface area (Å²) >= 11 is 0. The molecule has 0 aliphatic rings. The largest absolute Gasteiger partial charge is 0.456 e. The molecule has 10 aromatic carbocycles. The Labute approximate surface area is 310 Å². The zero-order chi connectivity index (χ0) is 35.3. The third-order valence-electron chi connectivity index (χ3n) is 11.4. The highest BCUT2D eigenvalue weighted by Crippen LogP contribution is 2.47. The molecule has 0 atom stereocenters. The lowest BCUT2D eigenvalue weighted by atomic mass is 9.84. The van der Waals surface area contributed by atoms with E-state index in [4.69, 9.17) is 8.83 Å². The van der Waals surface area contributed by atoms with Gasteiger partial charge in [-0.15, -0.1) is 0 Å². The molecule has 0 saturated carbocycles. The first-order valence-electron chi connectivity index (χ1n) is 18.5. The van der Waals surface area contributed by atoms with Crippen molar-refractivity contribution in [2.45, 2.75) is 0 Å². The van der Waals surface area contributed by atoms with Crippen LogP contribution in [0.1, 0.15) is 0 Å². The van der Waals surface area contributed by atoms with Crippen molar-refractivity contribution in [1.29, 1.82) is 0 Å². The molecule has 0 bridgehead atoms. The van der Waals surface area contributed by atoms with Crippen LogP contribution in [-0.2, 0) is 0 Å². The van der Waals surface area contributed by atoms with Gasteiger partial charge in [0, 0.05) is 27.1 Å². The Hall–Kier alpha value is -7.16. The number of para-hydroxylation sites is 2. The molecular weight excluding hydrogens is 657 g/mol. The van der Waals surface area contributed by atoms with Crippen LogP contribution in [-0.4, -0.2) is 0 Å². The molecule has 0 fully saturated rings. The number of hydrogen-bond acceptors (Lipinski definition) is 2. The van der Waals surface area contributed by atoms with Crippen molar-refractivity contribution in [3.8, 4) is 33.4 Å². The van der Waals surface area contributed by atoms with E-state index in [-0.39, 0.29) is 0 Å². The summed E-state index contributed by atoms with van der Waals surface area (Å²) < 4.78 is 13.1. The normalized spacial score (nSPS) is 12.1. The molecule has 12 rings (SSSR count). The van der Waals surface area contributed by atoms with Gasteiger partial charge < -0.3 is 8.83 Å². The summed E-state index contributed by atoms with van der Waals surface area (Å²) in [5.74, 6) is 0. The van der Waals surface area contributed by atoms with Gasteiger partial charge in [-0.25, -0.2) is 0 Å². The van der Waals surface area contributed by atoms with E-state index in [2.05, 4.69) is 158 Å². The topological polar surface area (TPSA) is 26.3 Å². The molecular formula is C52H30O2. The fourth-order valence-corrected chi connectivity index (χ4v) is 9.07. The first kappa shape index (κ1) is 29.4. The van der Waals surface area contributed by atoms with Gasteiger partial charge in [0.05, 0.1) is 0 Å². The van der Waals surface area contributed by atoms with Gasteiger partial charge in [-0.2, -0.15) is 0 Å². The van der Waals surface area contributed by atoms with Gasteiger partial charge in [0.2, 0.25) is 0 Å². The fraction of sp³-hybridized carbons (Fsp3) is 0. The maximum atomic E-state index is 6.66. The van der Waals surface area contributed by atoms with Gasteiger partial charge in [0.25, 0.3) is 0 Å². The highest BCUT2D eigenvalue weighted by molar-refractivity contribution is 6.25. The smallest absolute Gasteiger partial charge is 0.144 e. The second kappa shape index (κ2) is 11.2. The molecule has 2 heterocycles.